The fourth-order valence-corrected chi connectivity index (χ4v) is 5.26. The molecule has 0 spiro atoms. The van der Waals surface area contributed by atoms with Crippen LogP contribution < -0.4 is 0 Å². The van der Waals surface area contributed by atoms with Gasteiger partial charge in [-0.25, -0.2) is 0 Å². The van der Waals surface area contributed by atoms with Gasteiger partial charge < -0.3 is 10.2 Å². The van der Waals surface area contributed by atoms with Crippen LogP contribution in [0.3, 0.4) is 0 Å². The van der Waals surface area contributed by atoms with Crippen molar-refractivity contribution in [1.29, 1.82) is 0 Å². The largest absolute Gasteiger partial charge is 0.389 e. The first kappa shape index (κ1) is 17.7. The second kappa shape index (κ2) is 5.79. The molecular formula is C20H34O2. The van der Waals surface area contributed by atoms with Crippen LogP contribution in [0.5, 0.6) is 0 Å². The summed E-state index contributed by atoms with van der Waals surface area (Å²) >= 11 is 0. The third-order valence-electron chi connectivity index (χ3n) is 6.79. The van der Waals surface area contributed by atoms with E-state index in [1.807, 2.05) is 6.92 Å². The molecule has 2 nitrogen and oxygen atoms in total. The smallest absolute Gasteiger partial charge is 0.0797 e. The Bertz CT molecular complexity index is 449. The minimum absolute atomic E-state index is 0.190. The van der Waals surface area contributed by atoms with Crippen LogP contribution in [-0.2, 0) is 0 Å². The topological polar surface area (TPSA) is 40.5 Å². The molecule has 0 bridgehead atoms. The lowest BCUT2D eigenvalue weighted by atomic mass is 9.46. The first-order chi connectivity index (χ1) is 10.0. The van der Waals surface area contributed by atoms with E-state index in [1.54, 1.807) is 6.08 Å². The predicted molar refractivity (Wildman–Crippen MR) is 92.5 cm³/mol. The Morgan fingerprint density at radius 2 is 1.95 bits per heavy atom. The highest BCUT2D eigenvalue weighted by Gasteiger charge is 2.54. The van der Waals surface area contributed by atoms with Crippen LogP contribution in [0.2, 0.25) is 0 Å². The molecule has 2 rings (SSSR count). The van der Waals surface area contributed by atoms with E-state index in [9.17, 15) is 10.2 Å². The molecule has 0 heterocycles. The zero-order chi connectivity index (χ0) is 16.8. The van der Waals surface area contributed by atoms with E-state index < -0.39 is 11.7 Å². The maximum atomic E-state index is 10.5. The molecule has 0 aromatic carbocycles. The van der Waals surface area contributed by atoms with Gasteiger partial charge in [0.25, 0.3) is 0 Å². The third-order valence-corrected chi connectivity index (χ3v) is 6.79. The number of hydrogen-bond donors (Lipinski definition) is 2. The van der Waals surface area contributed by atoms with Crippen molar-refractivity contribution in [1.82, 2.24) is 0 Å². The van der Waals surface area contributed by atoms with Crippen LogP contribution >= 0.6 is 0 Å². The maximum absolute atomic E-state index is 10.5. The molecule has 0 unspecified atom stereocenters. The van der Waals surface area contributed by atoms with Gasteiger partial charge in [0, 0.05) is 0 Å². The molecule has 5 atom stereocenters. The van der Waals surface area contributed by atoms with Gasteiger partial charge in [0.15, 0.2) is 0 Å². The first-order valence-corrected chi connectivity index (χ1v) is 8.76. The predicted octanol–water partition coefficient (Wildman–Crippen LogP) is 4.47. The van der Waals surface area contributed by atoms with Crippen molar-refractivity contribution in [2.24, 2.45) is 22.7 Å². The fourth-order valence-electron chi connectivity index (χ4n) is 5.26. The summed E-state index contributed by atoms with van der Waals surface area (Å²) in [5.41, 5.74) is 0.610. The molecule has 2 aliphatic rings. The van der Waals surface area contributed by atoms with Gasteiger partial charge in [-0.2, -0.15) is 0 Å². The summed E-state index contributed by atoms with van der Waals surface area (Å²) in [6, 6.07) is 0. The monoisotopic (exact) mass is 306 g/mol. The van der Waals surface area contributed by atoms with Crippen molar-refractivity contribution in [2.75, 3.05) is 0 Å². The minimum atomic E-state index is -0.835. The van der Waals surface area contributed by atoms with E-state index in [-0.39, 0.29) is 16.7 Å². The average Bonchev–Trinajstić information content (AvgIpc) is 2.41. The summed E-state index contributed by atoms with van der Waals surface area (Å²) in [5, 5.41) is 20.8. The summed E-state index contributed by atoms with van der Waals surface area (Å²) in [6.07, 6.45) is 7.31. The van der Waals surface area contributed by atoms with Gasteiger partial charge in [-0.15, -0.1) is 6.58 Å². The van der Waals surface area contributed by atoms with Crippen LogP contribution in [0.1, 0.15) is 66.2 Å². The normalized spacial score (nSPS) is 40.6. The molecule has 2 fully saturated rings. The Morgan fingerprint density at radius 1 is 1.32 bits per heavy atom. The molecule has 0 amide bonds. The van der Waals surface area contributed by atoms with E-state index in [0.717, 1.165) is 18.4 Å². The summed E-state index contributed by atoms with van der Waals surface area (Å²) < 4.78 is 0. The van der Waals surface area contributed by atoms with Crippen LogP contribution in [0, 0.1) is 22.7 Å². The van der Waals surface area contributed by atoms with E-state index >= 15 is 0 Å². The van der Waals surface area contributed by atoms with Gasteiger partial charge in [0.1, 0.15) is 0 Å². The number of aliphatic hydroxyl groups excluding tert-OH is 1. The molecule has 0 aromatic rings. The zero-order valence-electron chi connectivity index (χ0n) is 14.9. The van der Waals surface area contributed by atoms with Gasteiger partial charge in [-0.3, -0.25) is 0 Å². The van der Waals surface area contributed by atoms with Crippen molar-refractivity contribution in [3.8, 4) is 0 Å². The molecule has 0 saturated heterocycles. The van der Waals surface area contributed by atoms with Gasteiger partial charge in [0.05, 0.1) is 11.7 Å². The Kier molecular flexibility index (Phi) is 4.68. The van der Waals surface area contributed by atoms with Gasteiger partial charge in [-0.1, -0.05) is 39.8 Å². The highest BCUT2D eigenvalue weighted by atomic mass is 16.3. The average molecular weight is 306 g/mol. The summed E-state index contributed by atoms with van der Waals surface area (Å²) in [6.45, 7) is 16.9. The molecule has 2 N–H and O–H groups in total. The summed E-state index contributed by atoms with van der Waals surface area (Å²) in [4.78, 5) is 0. The second-order valence-electron chi connectivity index (χ2n) is 8.88. The van der Waals surface area contributed by atoms with Crippen LogP contribution in [0.15, 0.2) is 24.8 Å². The van der Waals surface area contributed by atoms with Gasteiger partial charge in [-0.05, 0) is 67.3 Å². The van der Waals surface area contributed by atoms with E-state index in [1.165, 1.54) is 19.3 Å². The van der Waals surface area contributed by atoms with Gasteiger partial charge in [0.2, 0.25) is 0 Å². The molecule has 2 saturated carbocycles. The van der Waals surface area contributed by atoms with Crippen LogP contribution in [0.25, 0.3) is 0 Å². The standard InChI is InChI=1S/C20H34O2/c1-7-19(5,22)12-9-15-14(2)16(21)13-17-18(3,4)10-8-11-20(15,17)6/h7,15-17,21-22H,1-2,8-13H2,3-6H3/t15-,16-,17+,19+,20+/m1/s1. The lowest BCUT2D eigenvalue weighted by Gasteiger charge is -2.59. The number of rotatable bonds is 4. The molecule has 2 aliphatic carbocycles. The third kappa shape index (κ3) is 3.05. The van der Waals surface area contributed by atoms with Crippen molar-refractivity contribution >= 4 is 0 Å². The fraction of sp³-hybridized carbons (Fsp3) is 0.800. The maximum Gasteiger partial charge on any atom is 0.0797 e. The van der Waals surface area contributed by atoms with E-state index in [4.69, 9.17) is 0 Å². The highest BCUT2D eigenvalue weighted by molar-refractivity contribution is 5.20. The first-order valence-electron chi connectivity index (χ1n) is 8.76. The van der Waals surface area contributed by atoms with Crippen molar-refractivity contribution in [3.63, 3.8) is 0 Å². The molecular weight excluding hydrogens is 272 g/mol. The number of hydrogen-bond acceptors (Lipinski definition) is 2. The molecule has 0 aliphatic heterocycles. The quantitative estimate of drug-likeness (QED) is 0.752. The summed E-state index contributed by atoms with van der Waals surface area (Å²) in [5.74, 6) is 0.806. The van der Waals surface area contributed by atoms with Crippen LogP contribution in [-0.4, -0.2) is 21.9 Å². The molecule has 0 aromatic heterocycles. The van der Waals surface area contributed by atoms with Crippen molar-refractivity contribution in [3.05, 3.63) is 24.8 Å². The molecule has 126 valence electrons. The second-order valence-corrected chi connectivity index (χ2v) is 8.88. The van der Waals surface area contributed by atoms with E-state index in [2.05, 4.69) is 33.9 Å². The summed E-state index contributed by atoms with van der Waals surface area (Å²) in [7, 11) is 0. The van der Waals surface area contributed by atoms with Gasteiger partial charge >= 0.3 is 0 Å². The van der Waals surface area contributed by atoms with Crippen LogP contribution in [0.4, 0.5) is 0 Å². The van der Waals surface area contributed by atoms with Crippen molar-refractivity contribution < 1.29 is 10.2 Å². The number of fused-ring (bicyclic) bond motifs is 1. The van der Waals surface area contributed by atoms with Crippen molar-refractivity contribution in [2.45, 2.75) is 77.9 Å². The lowest BCUT2D eigenvalue weighted by molar-refractivity contribution is -0.0868. The minimum Gasteiger partial charge on any atom is -0.389 e. The molecule has 22 heavy (non-hydrogen) atoms. The Labute approximate surface area is 136 Å². The highest BCUT2D eigenvalue weighted by Crippen LogP contribution is 2.61. The zero-order valence-corrected chi connectivity index (χ0v) is 14.9. The van der Waals surface area contributed by atoms with E-state index in [0.29, 0.717) is 12.3 Å². The SMILES string of the molecule is C=C[C@](C)(O)CC[C@@H]1C(=C)[C@H](O)C[C@H]2C(C)(C)CCC[C@@]12C. The Morgan fingerprint density at radius 3 is 2.55 bits per heavy atom. The molecule has 2 heteroatoms. The Balaban J connectivity index is 2.28. The molecule has 0 radical (unpaired) electrons. The Hall–Kier alpha value is -0.600. The number of aliphatic hydroxyl groups is 2. The lowest BCUT2D eigenvalue weighted by Crippen LogP contribution is -2.53.